The molecule has 0 aliphatic heterocycles. The first-order valence-electron chi connectivity index (χ1n) is 17.8. The van der Waals surface area contributed by atoms with Crippen molar-refractivity contribution in [1.82, 2.24) is 0 Å². The predicted molar refractivity (Wildman–Crippen MR) is 219 cm³/mol. The Bertz CT molecular complexity index is 3010. The van der Waals surface area contributed by atoms with Crippen LogP contribution in [0.4, 0.5) is 0 Å². The van der Waals surface area contributed by atoms with E-state index in [1.165, 1.54) is 131 Å². The normalized spacial score (nSPS) is 12.4. The molecule has 0 atom stereocenters. The maximum absolute atomic E-state index is 2.51. The Morgan fingerprint density at radius 1 is 0.260 bits per heavy atom. The first-order valence-corrected chi connectivity index (χ1v) is 17.8. The van der Waals surface area contributed by atoms with Crippen LogP contribution < -0.4 is 0 Å². The van der Waals surface area contributed by atoms with Crippen molar-refractivity contribution in [3.63, 3.8) is 0 Å². The van der Waals surface area contributed by atoms with Gasteiger partial charge in [-0.05, 0) is 172 Å². The molecule has 0 fully saturated rings. The van der Waals surface area contributed by atoms with Gasteiger partial charge in [-0.3, -0.25) is 0 Å². The van der Waals surface area contributed by atoms with Crippen LogP contribution in [-0.4, -0.2) is 0 Å². The molecular formula is C50H34. The average molecular weight is 635 g/mol. The highest BCUT2D eigenvalue weighted by Gasteiger charge is 2.20. The molecule has 234 valence electrons. The summed E-state index contributed by atoms with van der Waals surface area (Å²) in [5, 5.41) is 21.5. The highest BCUT2D eigenvalue weighted by atomic mass is 14.2. The monoisotopic (exact) mass is 634 g/mol. The fraction of sp³-hybridized carbons (Fsp3) is 0.0800. The summed E-state index contributed by atoms with van der Waals surface area (Å²) in [5.41, 5.74) is 10.4. The van der Waals surface area contributed by atoms with E-state index in [2.05, 4.69) is 161 Å². The van der Waals surface area contributed by atoms with Gasteiger partial charge in [0.2, 0.25) is 0 Å². The molecule has 0 unspecified atom stereocenters. The van der Waals surface area contributed by atoms with Gasteiger partial charge in [0.1, 0.15) is 0 Å². The lowest BCUT2D eigenvalue weighted by Crippen LogP contribution is -1.85. The topological polar surface area (TPSA) is 0 Å². The summed E-state index contributed by atoms with van der Waals surface area (Å²) in [6.07, 6.45) is 0. The van der Waals surface area contributed by atoms with E-state index in [4.69, 9.17) is 0 Å². The Kier molecular flexibility index (Phi) is 5.47. The van der Waals surface area contributed by atoms with E-state index < -0.39 is 0 Å². The minimum Gasteiger partial charge on any atom is -0.0610 e. The summed E-state index contributed by atoms with van der Waals surface area (Å²) < 4.78 is 0. The quantitative estimate of drug-likeness (QED) is 0.166. The van der Waals surface area contributed by atoms with Crippen LogP contribution in [0.2, 0.25) is 0 Å². The summed E-state index contributed by atoms with van der Waals surface area (Å²) in [7, 11) is 0. The number of hydrogen-bond acceptors (Lipinski definition) is 0. The number of hydrogen-bond donors (Lipinski definition) is 0. The van der Waals surface area contributed by atoms with E-state index >= 15 is 0 Å². The first kappa shape index (κ1) is 27.9. The van der Waals surface area contributed by atoms with Crippen molar-refractivity contribution in [2.24, 2.45) is 0 Å². The molecule has 0 radical (unpaired) electrons. The summed E-state index contributed by atoms with van der Waals surface area (Å²) in [4.78, 5) is 0. The minimum absolute atomic E-state index is 1.28. The van der Waals surface area contributed by atoms with Gasteiger partial charge in [0.05, 0.1) is 0 Å². The van der Waals surface area contributed by atoms with Gasteiger partial charge in [0.15, 0.2) is 0 Å². The third-order valence-electron chi connectivity index (χ3n) is 11.7. The van der Waals surface area contributed by atoms with Gasteiger partial charge in [0, 0.05) is 0 Å². The first-order chi connectivity index (χ1) is 24.4. The second kappa shape index (κ2) is 9.80. The van der Waals surface area contributed by atoms with Crippen LogP contribution in [0.1, 0.15) is 22.3 Å². The van der Waals surface area contributed by atoms with Gasteiger partial charge in [0.25, 0.3) is 0 Å². The van der Waals surface area contributed by atoms with Gasteiger partial charge in [-0.1, -0.05) is 120 Å². The lowest BCUT2D eigenvalue weighted by atomic mass is 9.91. The number of benzene rings is 9. The van der Waals surface area contributed by atoms with Crippen LogP contribution in [0.15, 0.2) is 133 Å². The fourth-order valence-corrected chi connectivity index (χ4v) is 9.47. The zero-order valence-corrected chi connectivity index (χ0v) is 28.7. The molecule has 0 N–H and O–H groups in total. The maximum Gasteiger partial charge on any atom is -0.00199 e. The van der Waals surface area contributed by atoms with Crippen molar-refractivity contribution >= 4 is 86.2 Å². The van der Waals surface area contributed by atoms with E-state index in [1.54, 1.807) is 0 Å². The van der Waals surface area contributed by atoms with Crippen LogP contribution in [0.25, 0.3) is 108 Å². The van der Waals surface area contributed by atoms with Crippen molar-refractivity contribution in [3.05, 3.63) is 156 Å². The average Bonchev–Trinajstić information content (AvgIpc) is 3.61. The van der Waals surface area contributed by atoms with Crippen LogP contribution in [-0.2, 0) is 0 Å². The maximum atomic E-state index is 2.51. The molecule has 11 aromatic rings. The molecular weight excluding hydrogens is 601 g/mol. The lowest BCUT2D eigenvalue weighted by Gasteiger charge is -2.12. The highest BCUT2D eigenvalue weighted by Crippen LogP contribution is 2.48. The van der Waals surface area contributed by atoms with Crippen molar-refractivity contribution in [1.29, 1.82) is 0 Å². The number of rotatable bonds is 2. The van der Waals surface area contributed by atoms with Crippen molar-refractivity contribution in [2.45, 2.75) is 27.7 Å². The Morgan fingerprint density at radius 2 is 0.620 bits per heavy atom. The Labute approximate surface area is 290 Å². The summed E-state index contributed by atoms with van der Waals surface area (Å²) in [6, 6.07) is 51.3. The molecule has 0 amide bonds. The smallest absolute Gasteiger partial charge is 0.00199 e. The van der Waals surface area contributed by atoms with Gasteiger partial charge < -0.3 is 0 Å². The molecule has 0 bridgehead atoms. The zero-order valence-electron chi connectivity index (χ0n) is 28.7. The lowest BCUT2D eigenvalue weighted by molar-refractivity contribution is 1.38. The SMILES string of the molecule is Cc1ccc(-c2ccc3c(c2)c2cc4c5cc6c7cc(-c8ccc(C)cc8C)ccc7c7cccc(c5ccc4c4cccc3c42)c76)c(C)c1. The number of fused-ring (bicyclic) bond motifs is 11. The molecule has 11 aromatic carbocycles. The van der Waals surface area contributed by atoms with Gasteiger partial charge in [-0.2, -0.15) is 0 Å². The molecule has 0 heteroatoms. The minimum atomic E-state index is 1.28. The molecule has 0 spiro atoms. The molecule has 50 heavy (non-hydrogen) atoms. The second-order valence-electron chi connectivity index (χ2n) is 14.7. The van der Waals surface area contributed by atoms with Crippen LogP contribution >= 0.6 is 0 Å². The van der Waals surface area contributed by atoms with Crippen LogP contribution in [0, 0.1) is 27.7 Å². The molecule has 0 nitrogen and oxygen atoms in total. The Hall–Kier alpha value is -5.98. The van der Waals surface area contributed by atoms with Crippen LogP contribution in [0.5, 0.6) is 0 Å². The van der Waals surface area contributed by atoms with Gasteiger partial charge in [-0.25, -0.2) is 0 Å². The van der Waals surface area contributed by atoms with Crippen LogP contribution in [0.3, 0.4) is 0 Å². The summed E-state index contributed by atoms with van der Waals surface area (Å²) in [6.45, 7) is 8.80. The zero-order chi connectivity index (χ0) is 33.4. The van der Waals surface area contributed by atoms with E-state index in [-0.39, 0.29) is 0 Å². The fourth-order valence-electron chi connectivity index (χ4n) is 9.47. The molecule has 0 aromatic heterocycles. The molecule has 0 aliphatic rings. The van der Waals surface area contributed by atoms with Gasteiger partial charge >= 0.3 is 0 Å². The third kappa shape index (κ3) is 3.66. The molecule has 0 saturated heterocycles. The molecule has 0 heterocycles. The van der Waals surface area contributed by atoms with E-state index in [0.717, 1.165) is 0 Å². The largest absolute Gasteiger partial charge is 0.0610 e. The predicted octanol–water partition coefficient (Wildman–Crippen LogP) is 14.4. The van der Waals surface area contributed by atoms with E-state index in [9.17, 15) is 0 Å². The standard InChI is InChI=1S/C50H34/c1-27-11-15-33(29(3)21-27)31-13-17-35-39-7-5-9-41-37-19-20-38-42-10-6-8-40-36-18-14-32(34-16-12-28(2)22-30(34)4)24-44(36)48(50(40)42)26-46(38)45(37)25-47(49(39)41)43(35)23-31/h5-26H,1-4H3. The third-order valence-corrected chi connectivity index (χ3v) is 11.7. The Balaban J connectivity index is 1.26. The molecule has 11 rings (SSSR count). The second-order valence-corrected chi connectivity index (χ2v) is 14.7. The summed E-state index contributed by atoms with van der Waals surface area (Å²) >= 11 is 0. The highest BCUT2D eigenvalue weighted by molar-refractivity contribution is 6.40. The van der Waals surface area contributed by atoms with Crippen molar-refractivity contribution in [2.75, 3.05) is 0 Å². The molecule has 0 aliphatic carbocycles. The Morgan fingerprint density at radius 3 is 1.00 bits per heavy atom. The van der Waals surface area contributed by atoms with Crippen molar-refractivity contribution in [3.8, 4) is 22.3 Å². The number of aryl methyl sites for hydroxylation is 4. The van der Waals surface area contributed by atoms with E-state index in [1.807, 2.05) is 0 Å². The summed E-state index contributed by atoms with van der Waals surface area (Å²) in [5.74, 6) is 0. The molecule has 0 saturated carbocycles. The van der Waals surface area contributed by atoms with Crippen molar-refractivity contribution < 1.29 is 0 Å². The van der Waals surface area contributed by atoms with E-state index in [0.29, 0.717) is 0 Å². The van der Waals surface area contributed by atoms with Gasteiger partial charge in [-0.15, -0.1) is 0 Å².